The van der Waals surface area contributed by atoms with E-state index < -0.39 is 0 Å². The first-order valence-electron chi connectivity index (χ1n) is 13.5. The highest BCUT2D eigenvalue weighted by atomic mass is 35.5. The number of halogens is 3. The van der Waals surface area contributed by atoms with Gasteiger partial charge in [0.05, 0.1) is 16.3 Å². The van der Waals surface area contributed by atoms with Gasteiger partial charge in [0.25, 0.3) is 5.91 Å². The number of fused-ring (bicyclic) bond motifs is 1. The molecule has 5 aromatic rings. The maximum atomic E-state index is 14.1. The molecule has 214 valence electrons. The first-order chi connectivity index (χ1) is 20.8. The standard InChI is InChI=1S/C35H25Cl3N2O2S/c1-21-11-14-25(17-30(21)37)39-35-40(26-15-12-22(2)31(38)18-26)34(41)33(43-35)19-28-27-9-5-3-7-23(27)13-16-32(28)42-20-24-8-4-6-10-29(24)36/h3-19H,20H2,1-2H3/b33-19+,39-35?. The lowest BCUT2D eigenvalue weighted by Gasteiger charge is -2.17. The van der Waals surface area contributed by atoms with Crippen molar-refractivity contribution in [2.45, 2.75) is 20.5 Å². The fourth-order valence-electron chi connectivity index (χ4n) is 4.71. The Balaban J connectivity index is 1.46. The maximum absolute atomic E-state index is 14.1. The predicted octanol–water partition coefficient (Wildman–Crippen LogP) is 10.8. The Labute approximate surface area is 269 Å². The Morgan fingerprint density at radius 1 is 0.814 bits per heavy atom. The van der Waals surface area contributed by atoms with E-state index in [2.05, 4.69) is 0 Å². The number of thioether (sulfide) groups is 1. The molecule has 4 nitrogen and oxygen atoms in total. The molecule has 0 unspecified atom stereocenters. The summed E-state index contributed by atoms with van der Waals surface area (Å²) in [6, 6.07) is 30.7. The highest BCUT2D eigenvalue weighted by Gasteiger charge is 2.35. The van der Waals surface area contributed by atoms with Crippen LogP contribution in [0.5, 0.6) is 5.75 Å². The lowest BCUT2D eigenvalue weighted by Crippen LogP contribution is -2.28. The van der Waals surface area contributed by atoms with E-state index in [1.54, 1.807) is 17.0 Å². The molecule has 0 atom stereocenters. The molecule has 0 saturated carbocycles. The van der Waals surface area contributed by atoms with Crippen molar-refractivity contribution in [3.8, 4) is 5.75 Å². The van der Waals surface area contributed by atoms with Gasteiger partial charge in [0.15, 0.2) is 5.17 Å². The van der Waals surface area contributed by atoms with Gasteiger partial charge in [-0.1, -0.05) is 95.5 Å². The zero-order valence-corrected chi connectivity index (χ0v) is 26.4. The van der Waals surface area contributed by atoms with Gasteiger partial charge >= 0.3 is 0 Å². The number of amides is 1. The maximum Gasteiger partial charge on any atom is 0.271 e. The molecular weight excluding hydrogens is 619 g/mol. The average molecular weight is 644 g/mol. The van der Waals surface area contributed by atoms with Gasteiger partial charge in [-0.2, -0.15) is 0 Å². The van der Waals surface area contributed by atoms with Gasteiger partial charge in [-0.3, -0.25) is 9.69 Å². The zero-order chi connectivity index (χ0) is 30.1. The molecule has 0 bridgehead atoms. The summed E-state index contributed by atoms with van der Waals surface area (Å²) in [5.41, 5.74) is 4.80. The third-order valence-corrected chi connectivity index (χ3v) is 9.30. The number of hydrogen-bond acceptors (Lipinski definition) is 4. The number of anilines is 1. The molecule has 1 fully saturated rings. The molecule has 1 saturated heterocycles. The number of aliphatic imine (C=N–C) groups is 1. The topological polar surface area (TPSA) is 41.9 Å². The van der Waals surface area contributed by atoms with Crippen molar-refractivity contribution in [1.82, 2.24) is 0 Å². The van der Waals surface area contributed by atoms with Crippen LogP contribution in [0.2, 0.25) is 15.1 Å². The van der Waals surface area contributed by atoms with E-state index >= 15 is 0 Å². The Morgan fingerprint density at radius 3 is 2.30 bits per heavy atom. The van der Waals surface area contributed by atoms with E-state index in [1.807, 2.05) is 105 Å². The van der Waals surface area contributed by atoms with E-state index in [1.165, 1.54) is 11.8 Å². The van der Waals surface area contributed by atoms with Gasteiger partial charge in [-0.15, -0.1) is 0 Å². The molecule has 0 spiro atoms. The lowest BCUT2D eigenvalue weighted by atomic mass is 10.0. The molecule has 8 heteroatoms. The van der Waals surface area contributed by atoms with Crippen molar-refractivity contribution >= 4 is 85.9 Å². The highest BCUT2D eigenvalue weighted by molar-refractivity contribution is 8.19. The zero-order valence-electron chi connectivity index (χ0n) is 23.3. The average Bonchev–Trinajstić information content (AvgIpc) is 3.30. The Bertz CT molecular complexity index is 1950. The number of carbonyl (C=O) groups excluding carboxylic acids is 1. The largest absolute Gasteiger partial charge is 0.488 e. The van der Waals surface area contributed by atoms with Crippen LogP contribution in [0.25, 0.3) is 16.8 Å². The second kappa shape index (κ2) is 12.5. The van der Waals surface area contributed by atoms with Crippen LogP contribution in [-0.2, 0) is 11.4 Å². The van der Waals surface area contributed by atoms with E-state index in [9.17, 15) is 4.79 Å². The van der Waals surface area contributed by atoms with Gasteiger partial charge in [-0.25, -0.2) is 4.99 Å². The summed E-state index contributed by atoms with van der Waals surface area (Å²) >= 11 is 20.6. The molecule has 1 aliphatic rings. The van der Waals surface area contributed by atoms with E-state index in [-0.39, 0.29) is 12.5 Å². The fraction of sp³-hybridized carbons (Fsp3) is 0.0857. The van der Waals surface area contributed by atoms with Gasteiger partial charge in [-0.05, 0) is 90.0 Å². The van der Waals surface area contributed by atoms with Crippen molar-refractivity contribution in [2.24, 2.45) is 4.99 Å². The van der Waals surface area contributed by atoms with Crippen LogP contribution >= 0.6 is 46.6 Å². The molecule has 0 aliphatic carbocycles. The van der Waals surface area contributed by atoms with E-state index in [0.717, 1.165) is 33.0 Å². The number of benzene rings is 5. The second-order valence-electron chi connectivity index (χ2n) is 10.1. The summed E-state index contributed by atoms with van der Waals surface area (Å²) < 4.78 is 6.32. The molecule has 43 heavy (non-hydrogen) atoms. The quantitative estimate of drug-likeness (QED) is 0.173. The number of aryl methyl sites for hydroxylation is 2. The van der Waals surface area contributed by atoms with Crippen molar-refractivity contribution in [3.05, 3.63) is 139 Å². The second-order valence-corrected chi connectivity index (χ2v) is 12.3. The van der Waals surface area contributed by atoms with E-state index in [0.29, 0.717) is 42.3 Å². The van der Waals surface area contributed by atoms with Gasteiger partial charge < -0.3 is 4.74 Å². The van der Waals surface area contributed by atoms with Crippen LogP contribution in [0.15, 0.2) is 107 Å². The third-order valence-electron chi connectivity index (χ3n) is 7.15. The van der Waals surface area contributed by atoms with Crippen LogP contribution in [0.4, 0.5) is 11.4 Å². The molecule has 1 heterocycles. The number of hydrogen-bond donors (Lipinski definition) is 0. The van der Waals surface area contributed by atoms with Crippen LogP contribution < -0.4 is 9.64 Å². The number of nitrogens with zero attached hydrogens (tertiary/aromatic N) is 2. The molecule has 1 amide bonds. The minimum absolute atomic E-state index is 0.216. The third kappa shape index (κ3) is 6.17. The van der Waals surface area contributed by atoms with Crippen molar-refractivity contribution in [3.63, 3.8) is 0 Å². The summed E-state index contributed by atoms with van der Waals surface area (Å²) in [4.78, 5) is 21.1. The molecule has 1 aliphatic heterocycles. The number of amidine groups is 1. The van der Waals surface area contributed by atoms with Crippen molar-refractivity contribution in [2.75, 3.05) is 4.90 Å². The highest BCUT2D eigenvalue weighted by Crippen LogP contribution is 2.41. The summed E-state index contributed by atoms with van der Waals surface area (Å²) in [5, 5.41) is 4.28. The van der Waals surface area contributed by atoms with Gasteiger partial charge in [0, 0.05) is 26.2 Å². The van der Waals surface area contributed by atoms with Crippen LogP contribution in [0.1, 0.15) is 22.3 Å². The number of carbonyl (C=O) groups is 1. The first kappa shape index (κ1) is 29.3. The summed E-state index contributed by atoms with van der Waals surface area (Å²) in [6.07, 6.45) is 1.88. The van der Waals surface area contributed by atoms with Crippen molar-refractivity contribution < 1.29 is 9.53 Å². The predicted molar refractivity (Wildman–Crippen MR) is 182 cm³/mol. The Hall–Kier alpha value is -3.74. The molecular formula is C35H25Cl3N2O2S. The Morgan fingerprint density at radius 2 is 1.53 bits per heavy atom. The molecule has 0 N–H and O–H groups in total. The normalized spacial score (nSPS) is 15.2. The molecule has 0 radical (unpaired) electrons. The fourth-order valence-corrected chi connectivity index (χ4v) is 6.23. The number of ether oxygens (including phenoxy) is 1. The summed E-state index contributed by atoms with van der Waals surface area (Å²) in [5.74, 6) is 0.423. The number of rotatable bonds is 6. The smallest absolute Gasteiger partial charge is 0.271 e. The molecule has 0 aromatic heterocycles. The first-order valence-corrected chi connectivity index (χ1v) is 15.5. The lowest BCUT2D eigenvalue weighted by molar-refractivity contribution is -0.113. The van der Waals surface area contributed by atoms with Crippen LogP contribution in [-0.4, -0.2) is 11.1 Å². The molecule has 6 rings (SSSR count). The summed E-state index contributed by atoms with van der Waals surface area (Å²) in [7, 11) is 0. The minimum Gasteiger partial charge on any atom is -0.488 e. The monoisotopic (exact) mass is 642 g/mol. The summed E-state index contributed by atoms with van der Waals surface area (Å²) in [6.45, 7) is 4.14. The SMILES string of the molecule is Cc1ccc(N=C2S/C(=C/c3c(OCc4ccccc4Cl)ccc4ccccc34)C(=O)N2c2ccc(C)c(Cl)c2)cc1Cl. The van der Waals surface area contributed by atoms with Crippen LogP contribution in [0, 0.1) is 13.8 Å². The van der Waals surface area contributed by atoms with Gasteiger partial charge in [0.1, 0.15) is 12.4 Å². The Kier molecular flexibility index (Phi) is 8.51. The van der Waals surface area contributed by atoms with Gasteiger partial charge in [0.2, 0.25) is 0 Å². The van der Waals surface area contributed by atoms with E-state index in [4.69, 9.17) is 44.5 Å². The minimum atomic E-state index is -0.216. The molecule has 5 aromatic carbocycles. The van der Waals surface area contributed by atoms with Crippen LogP contribution in [0.3, 0.4) is 0 Å². The van der Waals surface area contributed by atoms with Crippen molar-refractivity contribution in [1.29, 1.82) is 0 Å².